The molecular weight excluding hydrogens is 473 g/mol. The summed E-state index contributed by atoms with van der Waals surface area (Å²) >= 11 is 0. The van der Waals surface area contributed by atoms with E-state index in [0.717, 1.165) is 22.3 Å². The number of nitrogens with zero attached hydrogens (tertiary/aromatic N) is 1. The van der Waals surface area contributed by atoms with Crippen LogP contribution in [0, 0.1) is 11.6 Å². The minimum absolute atomic E-state index is 0.0984. The molecule has 1 aliphatic heterocycles. The van der Waals surface area contributed by atoms with Gasteiger partial charge in [-0.3, -0.25) is 4.99 Å². The normalized spacial score (nSPS) is 17.6. The molecule has 0 fully saturated rings. The zero-order valence-electron chi connectivity index (χ0n) is 18.8. The van der Waals surface area contributed by atoms with Crippen LogP contribution in [0.2, 0.25) is 0 Å². The molecule has 0 bridgehead atoms. The van der Waals surface area contributed by atoms with Crippen molar-refractivity contribution in [1.29, 1.82) is 0 Å². The molecule has 0 amide bonds. The van der Waals surface area contributed by atoms with Crippen molar-refractivity contribution in [3.8, 4) is 16.9 Å². The van der Waals surface area contributed by atoms with Gasteiger partial charge in [0.05, 0.1) is 11.6 Å². The standard InChI is InChI=1S/C29H20F5NO/c30-24-7-4-8-25(31)27(24)26-17-23(20-5-2-1-3-6-20)28(35-26)21-11-9-18(10-12-21)19-13-15-22(16-14-19)36-29(32,33)34/h1-16,23,28H,17H2. The maximum Gasteiger partial charge on any atom is 0.573 e. The maximum absolute atomic E-state index is 14.5. The average molecular weight is 493 g/mol. The van der Waals surface area contributed by atoms with E-state index in [4.69, 9.17) is 4.99 Å². The smallest absolute Gasteiger partial charge is 0.406 e. The number of halogens is 5. The van der Waals surface area contributed by atoms with Crippen LogP contribution in [0.3, 0.4) is 0 Å². The van der Waals surface area contributed by atoms with Gasteiger partial charge in [-0.2, -0.15) is 0 Å². The van der Waals surface area contributed by atoms with E-state index in [1.807, 2.05) is 54.6 Å². The summed E-state index contributed by atoms with van der Waals surface area (Å²) in [5.41, 5.74) is 3.70. The van der Waals surface area contributed by atoms with Gasteiger partial charge in [0.2, 0.25) is 0 Å². The van der Waals surface area contributed by atoms with Crippen molar-refractivity contribution in [2.24, 2.45) is 4.99 Å². The van der Waals surface area contributed by atoms with Crippen LogP contribution in [0.25, 0.3) is 11.1 Å². The Morgan fingerprint density at radius 2 is 1.25 bits per heavy atom. The summed E-state index contributed by atoms with van der Waals surface area (Å²) in [6.45, 7) is 0. The number of benzene rings is 4. The first-order valence-electron chi connectivity index (χ1n) is 11.3. The van der Waals surface area contributed by atoms with Crippen LogP contribution in [-0.4, -0.2) is 12.1 Å². The number of rotatable bonds is 5. The molecule has 1 aliphatic rings. The highest BCUT2D eigenvalue weighted by Crippen LogP contribution is 2.44. The summed E-state index contributed by atoms with van der Waals surface area (Å²) in [4.78, 5) is 4.77. The second kappa shape index (κ2) is 9.57. The predicted octanol–water partition coefficient (Wildman–Crippen LogP) is 8.25. The van der Waals surface area contributed by atoms with Crippen LogP contribution in [0.1, 0.15) is 35.1 Å². The van der Waals surface area contributed by atoms with Crippen molar-refractivity contribution in [3.63, 3.8) is 0 Å². The quantitative estimate of drug-likeness (QED) is 0.257. The molecule has 0 saturated heterocycles. The van der Waals surface area contributed by atoms with E-state index in [1.54, 1.807) is 12.1 Å². The van der Waals surface area contributed by atoms with Gasteiger partial charge in [-0.05, 0) is 52.9 Å². The topological polar surface area (TPSA) is 21.6 Å². The molecule has 0 N–H and O–H groups in total. The Morgan fingerprint density at radius 3 is 1.83 bits per heavy atom. The highest BCUT2D eigenvalue weighted by molar-refractivity contribution is 6.03. The van der Waals surface area contributed by atoms with Crippen molar-refractivity contribution in [1.82, 2.24) is 0 Å². The lowest BCUT2D eigenvalue weighted by molar-refractivity contribution is -0.274. The van der Waals surface area contributed by atoms with E-state index in [0.29, 0.717) is 12.1 Å². The van der Waals surface area contributed by atoms with Gasteiger partial charge < -0.3 is 4.74 Å². The summed E-state index contributed by atoms with van der Waals surface area (Å²) < 4.78 is 70.2. The summed E-state index contributed by atoms with van der Waals surface area (Å²) in [6, 6.07) is 26.3. The molecule has 0 radical (unpaired) electrons. The van der Waals surface area contributed by atoms with Crippen molar-refractivity contribution < 1.29 is 26.7 Å². The Kier molecular flexibility index (Phi) is 6.31. The van der Waals surface area contributed by atoms with Gasteiger partial charge in [0.25, 0.3) is 0 Å². The fraction of sp³-hybridized carbons (Fsp3) is 0.138. The molecule has 7 heteroatoms. The van der Waals surface area contributed by atoms with Crippen LogP contribution < -0.4 is 4.74 Å². The monoisotopic (exact) mass is 493 g/mol. The van der Waals surface area contributed by atoms with E-state index in [9.17, 15) is 22.0 Å². The molecule has 5 rings (SSSR count). The lowest BCUT2D eigenvalue weighted by Gasteiger charge is -2.19. The molecule has 2 unspecified atom stereocenters. The van der Waals surface area contributed by atoms with Crippen LogP contribution >= 0.6 is 0 Å². The zero-order chi connectivity index (χ0) is 25.3. The fourth-order valence-electron chi connectivity index (χ4n) is 4.60. The summed E-state index contributed by atoms with van der Waals surface area (Å²) in [7, 11) is 0. The van der Waals surface area contributed by atoms with E-state index in [1.165, 1.54) is 30.3 Å². The van der Waals surface area contributed by atoms with E-state index in [2.05, 4.69) is 4.74 Å². The number of aliphatic imine (C=N–C) groups is 1. The highest BCUT2D eigenvalue weighted by atomic mass is 19.4. The highest BCUT2D eigenvalue weighted by Gasteiger charge is 2.34. The first-order chi connectivity index (χ1) is 17.3. The van der Waals surface area contributed by atoms with Crippen molar-refractivity contribution in [2.75, 3.05) is 0 Å². The third-order valence-corrected chi connectivity index (χ3v) is 6.24. The fourth-order valence-corrected chi connectivity index (χ4v) is 4.60. The Balaban J connectivity index is 1.46. The first-order valence-corrected chi connectivity index (χ1v) is 11.3. The van der Waals surface area contributed by atoms with Crippen LogP contribution in [0.5, 0.6) is 5.75 Å². The predicted molar refractivity (Wildman–Crippen MR) is 128 cm³/mol. The molecule has 2 nitrogen and oxygen atoms in total. The van der Waals surface area contributed by atoms with Gasteiger partial charge in [0.15, 0.2) is 0 Å². The average Bonchev–Trinajstić information content (AvgIpc) is 3.29. The molecule has 1 heterocycles. The van der Waals surface area contributed by atoms with Gasteiger partial charge in [0, 0.05) is 11.6 Å². The number of ether oxygens (including phenoxy) is 1. The Labute approximate surface area is 204 Å². The second-order valence-electron chi connectivity index (χ2n) is 8.53. The minimum Gasteiger partial charge on any atom is -0.406 e. The number of hydrogen-bond acceptors (Lipinski definition) is 2. The third kappa shape index (κ3) is 5.00. The Bertz CT molecular complexity index is 1360. The largest absolute Gasteiger partial charge is 0.573 e. The summed E-state index contributed by atoms with van der Waals surface area (Å²) in [6.07, 6.45) is -4.36. The molecule has 0 aliphatic carbocycles. The first kappa shape index (κ1) is 23.7. The van der Waals surface area contributed by atoms with Crippen molar-refractivity contribution in [2.45, 2.75) is 24.7 Å². The second-order valence-corrected chi connectivity index (χ2v) is 8.53. The van der Waals surface area contributed by atoms with E-state index in [-0.39, 0.29) is 23.3 Å². The summed E-state index contributed by atoms with van der Waals surface area (Å²) in [5.74, 6) is -1.68. The molecule has 182 valence electrons. The molecule has 0 aromatic heterocycles. The molecule has 4 aromatic carbocycles. The Morgan fingerprint density at radius 1 is 0.667 bits per heavy atom. The SMILES string of the molecule is Fc1cccc(F)c1C1=NC(c2ccc(-c3ccc(OC(F)(F)F)cc3)cc2)C(c2ccccc2)C1. The van der Waals surface area contributed by atoms with Crippen LogP contribution in [0.15, 0.2) is 102 Å². The van der Waals surface area contributed by atoms with E-state index >= 15 is 0 Å². The van der Waals surface area contributed by atoms with Gasteiger partial charge in [-0.1, -0.05) is 72.8 Å². The van der Waals surface area contributed by atoms with Crippen LogP contribution in [-0.2, 0) is 0 Å². The third-order valence-electron chi connectivity index (χ3n) is 6.24. The molecular formula is C29H20F5NO. The lowest BCUT2D eigenvalue weighted by atomic mass is 9.85. The molecule has 36 heavy (non-hydrogen) atoms. The lowest BCUT2D eigenvalue weighted by Crippen LogP contribution is -2.16. The van der Waals surface area contributed by atoms with Gasteiger partial charge >= 0.3 is 6.36 Å². The van der Waals surface area contributed by atoms with Crippen molar-refractivity contribution in [3.05, 3.63) is 125 Å². The number of hydrogen-bond donors (Lipinski definition) is 0. The van der Waals surface area contributed by atoms with E-state index < -0.39 is 18.0 Å². The van der Waals surface area contributed by atoms with Crippen LogP contribution in [0.4, 0.5) is 22.0 Å². The van der Waals surface area contributed by atoms with Crippen molar-refractivity contribution >= 4 is 5.71 Å². The minimum atomic E-state index is -4.75. The zero-order valence-corrected chi connectivity index (χ0v) is 18.8. The molecule has 0 spiro atoms. The van der Waals surface area contributed by atoms with Gasteiger partial charge in [0.1, 0.15) is 17.4 Å². The Hall–Kier alpha value is -4.00. The van der Waals surface area contributed by atoms with Gasteiger partial charge in [-0.15, -0.1) is 13.2 Å². The molecule has 2 atom stereocenters. The molecule has 4 aromatic rings. The maximum atomic E-state index is 14.5. The molecule has 0 saturated carbocycles. The van der Waals surface area contributed by atoms with Gasteiger partial charge in [-0.25, -0.2) is 8.78 Å². The summed E-state index contributed by atoms with van der Waals surface area (Å²) in [5, 5.41) is 0. The number of alkyl halides is 3.